The second-order valence-corrected chi connectivity index (χ2v) is 13.2. The van der Waals surface area contributed by atoms with Crippen molar-refractivity contribution >= 4 is 27.5 Å². The zero-order valence-corrected chi connectivity index (χ0v) is 24.8. The lowest BCUT2D eigenvalue weighted by Crippen LogP contribution is -2.43. The molecule has 0 N–H and O–H groups in total. The van der Waals surface area contributed by atoms with Gasteiger partial charge in [-0.2, -0.15) is 9.97 Å². The lowest BCUT2D eigenvalue weighted by atomic mass is 9.94. The third-order valence-electron chi connectivity index (χ3n) is 10.5. The van der Waals surface area contributed by atoms with Crippen molar-refractivity contribution in [3.05, 3.63) is 53.7 Å². The number of piperidine rings is 1. The van der Waals surface area contributed by atoms with Crippen LogP contribution in [0, 0.1) is 30.4 Å². The lowest BCUT2D eigenvalue weighted by Gasteiger charge is -2.34. The molecule has 1 aliphatic carbocycles. The van der Waals surface area contributed by atoms with Crippen molar-refractivity contribution in [3.63, 3.8) is 0 Å². The molecular weight excluding hydrogens is 548 g/mol. The normalized spacial score (nSPS) is 27.0. The third-order valence-corrected chi connectivity index (χ3v) is 10.5. The van der Waals surface area contributed by atoms with E-state index in [1.807, 2.05) is 19.1 Å². The average molecular weight is 586 g/mol. The number of nitrogens with zero attached hydrogens (tertiary/aromatic N) is 5. The zero-order valence-electron chi connectivity index (χ0n) is 24.8. The van der Waals surface area contributed by atoms with E-state index < -0.39 is 11.6 Å². The molecule has 43 heavy (non-hydrogen) atoms. The summed E-state index contributed by atoms with van der Waals surface area (Å²) >= 11 is 0. The monoisotopic (exact) mass is 585 g/mol. The van der Waals surface area contributed by atoms with Crippen LogP contribution in [0.25, 0.3) is 32.9 Å². The van der Waals surface area contributed by atoms with E-state index >= 15 is 8.78 Å². The molecule has 3 saturated heterocycles. The summed E-state index contributed by atoms with van der Waals surface area (Å²) in [6.07, 6.45) is 8.55. The first-order valence-corrected chi connectivity index (χ1v) is 15.6. The number of fused-ring (bicyclic) bond motifs is 5. The van der Waals surface area contributed by atoms with Gasteiger partial charge in [0.1, 0.15) is 29.5 Å². The van der Waals surface area contributed by atoms with Gasteiger partial charge in [-0.1, -0.05) is 18.2 Å². The van der Waals surface area contributed by atoms with Crippen LogP contribution < -0.4 is 9.64 Å². The van der Waals surface area contributed by atoms with Gasteiger partial charge in [0.05, 0.1) is 17.0 Å². The Morgan fingerprint density at radius 1 is 1.07 bits per heavy atom. The molecule has 9 heteroatoms. The van der Waals surface area contributed by atoms with E-state index in [2.05, 4.69) is 19.8 Å². The van der Waals surface area contributed by atoms with Crippen LogP contribution in [0.3, 0.4) is 0 Å². The first kappa shape index (κ1) is 27.1. The van der Waals surface area contributed by atoms with Crippen molar-refractivity contribution in [2.75, 3.05) is 44.8 Å². The Bertz CT molecular complexity index is 1720. The van der Waals surface area contributed by atoms with E-state index in [1.54, 1.807) is 25.4 Å². The molecular formula is C34H37F2N5O2. The van der Waals surface area contributed by atoms with E-state index in [-0.39, 0.29) is 28.9 Å². The van der Waals surface area contributed by atoms with Gasteiger partial charge in [0.15, 0.2) is 5.82 Å². The maximum atomic E-state index is 16.7. The number of methoxy groups -OCH3 is 1. The van der Waals surface area contributed by atoms with Crippen molar-refractivity contribution in [3.8, 4) is 17.3 Å². The number of aryl methyl sites for hydroxylation is 1. The fourth-order valence-electron chi connectivity index (χ4n) is 8.44. The summed E-state index contributed by atoms with van der Waals surface area (Å²) in [6, 6.07) is 8.79. The molecule has 0 spiro atoms. The fourth-order valence-corrected chi connectivity index (χ4v) is 8.44. The van der Waals surface area contributed by atoms with Crippen LogP contribution >= 0.6 is 0 Å². The van der Waals surface area contributed by atoms with E-state index in [4.69, 9.17) is 14.5 Å². The molecule has 4 aliphatic rings. The second-order valence-electron chi connectivity index (χ2n) is 13.2. The van der Waals surface area contributed by atoms with Crippen LogP contribution in [-0.2, 0) is 4.74 Å². The minimum atomic E-state index is -0.581. The average Bonchev–Trinajstić information content (AvgIpc) is 3.67. The number of pyridine rings is 1. The Morgan fingerprint density at radius 3 is 2.72 bits per heavy atom. The fraction of sp³-hybridized carbons (Fsp3) is 0.500. The minimum Gasteiger partial charge on any atom is -0.461 e. The van der Waals surface area contributed by atoms with Gasteiger partial charge in [0, 0.05) is 43.9 Å². The smallest absolute Gasteiger partial charge is 0.319 e. The number of anilines is 1. The highest BCUT2D eigenvalue weighted by Gasteiger charge is 2.49. The Labute approximate surface area is 250 Å². The van der Waals surface area contributed by atoms with Crippen LogP contribution in [0.2, 0.25) is 0 Å². The largest absolute Gasteiger partial charge is 0.461 e. The zero-order chi connectivity index (χ0) is 29.3. The minimum absolute atomic E-state index is 0.0832. The van der Waals surface area contributed by atoms with Gasteiger partial charge in [-0.3, -0.25) is 9.88 Å². The number of halogens is 2. The summed E-state index contributed by atoms with van der Waals surface area (Å²) < 4.78 is 44.0. The first-order valence-electron chi connectivity index (χ1n) is 15.6. The Balaban J connectivity index is 1.24. The first-order chi connectivity index (χ1) is 20.9. The van der Waals surface area contributed by atoms with Gasteiger partial charge in [-0.05, 0) is 86.9 Å². The molecule has 2 aromatic heterocycles. The third kappa shape index (κ3) is 4.54. The molecule has 224 valence electrons. The van der Waals surface area contributed by atoms with Crippen molar-refractivity contribution in [1.29, 1.82) is 0 Å². The van der Waals surface area contributed by atoms with Crippen LogP contribution in [0.15, 0.2) is 36.5 Å². The number of hydrogen-bond donors (Lipinski definition) is 0. The quantitative estimate of drug-likeness (QED) is 0.263. The summed E-state index contributed by atoms with van der Waals surface area (Å²) in [5, 5.41) is 1.62. The molecule has 2 unspecified atom stereocenters. The van der Waals surface area contributed by atoms with Gasteiger partial charge in [-0.25, -0.2) is 8.78 Å². The van der Waals surface area contributed by atoms with Crippen LogP contribution in [-0.4, -0.2) is 71.4 Å². The topological polar surface area (TPSA) is 63.6 Å². The summed E-state index contributed by atoms with van der Waals surface area (Å²) in [6.45, 7) is 6.03. The highest BCUT2D eigenvalue weighted by molar-refractivity contribution is 5.99. The Morgan fingerprint density at radius 2 is 1.91 bits per heavy atom. The Kier molecular flexibility index (Phi) is 6.53. The SMILES string of the molecule is CO[C@H]1CN2CCC[C@]2(COc2nc(N3CC4CCC(C4)C3)c3cnc(-c4cc(C)cc5cccc(F)c45)c(F)c3n2)C1. The number of hydrogen-bond acceptors (Lipinski definition) is 7. The maximum Gasteiger partial charge on any atom is 0.319 e. The number of rotatable bonds is 6. The molecule has 1 saturated carbocycles. The summed E-state index contributed by atoms with van der Waals surface area (Å²) in [5.41, 5.74) is 1.44. The van der Waals surface area contributed by atoms with Crippen LogP contribution in [0.1, 0.15) is 44.1 Å². The van der Waals surface area contributed by atoms with Gasteiger partial charge >= 0.3 is 6.01 Å². The highest BCUT2D eigenvalue weighted by Crippen LogP contribution is 2.43. The molecule has 3 aliphatic heterocycles. The number of aromatic nitrogens is 3. The van der Waals surface area contributed by atoms with E-state index in [0.29, 0.717) is 46.0 Å². The van der Waals surface area contributed by atoms with E-state index in [0.717, 1.165) is 51.0 Å². The molecule has 7 nitrogen and oxygen atoms in total. The predicted molar refractivity (Wildman–Crippen MR) is 162 cm³/mol. The Hall–Kier alpha value is -3.43. The van der Waals surface area contributed by atoms with Crippen molar-refractivity contribution in [1.82, 2.24) is 19.9 Å². The lowest BCUT2D eigenvalue weighted by molar-refractivity contribution is 0.0997. The molecule has 2 aromatic carbocycles. The number of benzene rings is 2. The van der Waals surface area contributed by atoms with Gasteiger partial charge in [0.25, 0.3) is 0 Å². The number of ether oxygens (including phenoxy) is 2. The van der Waals surface area contributed by atoms with Crippen molar-refractivity contribution < 1.29 is 18.3 Å². The van der Waals surface area contributed by atoms with Crippen LogP contribution in [0.4, 0.5) is 14.6 Å². The molecule has 4 atom stereocenters. The molecule has 4 fully saturated rings. The predicted octanol–water partition coefficient (Wildman–Crippen LogP) is 6.30. The van der Waals surface area contributed by atoms with Gasteiger partial charge in [-0.15, -0.1) is 0 Å². The maximum absolute atomic E-state index is 16.7. The summed E-state index contributed by atoms with van der Waals surface area (Å²) in [7, 11) is 1.77. The van der Waals surface area contributed by atoms with Crippen molar-refractivity contribution in [2.24, 2.45) is 11.8 Å². The molecule has 4 aromatic rings. The molecule has 0 radical (unpaired) electrons. The second kappa shape index (κ2) is 10.3. The molecule has 0 amide bonds. The summed E-state index contributed by atoms with van der Waals surface area (Å²) in [4.78, 5) is 19.0. The van der Waals surface area contributed by atoms with Gasteiger partial charge < -0.3 is 14.4 Å². The van der Waals surface area contributed by atoms with Gasteiger partial charge in [0.2, 0.25) is 0 Å². The van der Waals surface area contributed by atoms with E-state index in [9.17, 15) is 0 Å². The standard InChI is InChI=1S/C34H37F2N5O2/c1-20-11-23-5-3-6-27(35)28(23)25(12-20)30-29(36)31-26(15-37-30)32(40-16-21-7-8-22(13-21)17-40)39-33(38-31)43-19-34-9-4-10-41(34)18-24(14-34)42-2/h3,5-6,11-12,15,21-22,24H,4,7-10,13-14,16-19H2,1-2H3/t21?,22?,24-,34-/m1/s1. The molecule has 5 heterocycles. The highest BCUT2D eigenvalue weighted by atomic mass is 19.1. The van der Waals surface area contributed by atoms with Crippen LogP contribution in [0.5, 0.6) is 6.01 Å². The summed E-state index contributed by atoms with van der Waals surface area (Å²) in [5.74, 6) is 0.916. The van der Waals surface area contributed by atoms with E-state index in [1.165, 1.54) is 25.3 Å². The molecule has 8 rings (SSSR count). The van der Waals surface area contributed by atoms with Crippen molar-refractivity contribution in [2.45, 2.75) is 57.1 Å². The molecule has 2 bridgehead atoms.